The van der Waals surface area contributed by atoms with Crippen LogP contribution in [0.25, 0.3) is 16.3 Å². The van der Waals surface area contributed by atoms with Crippen LogP contribution in [-0.4, -0.2) is 26.6 Å². The molecule has 2 heterocycles. The third-order valence-electron chi connectivity index (χ3n) is 8.42. The highest BCUT2D eigenvalue weighted by Gasteiger charge is 2.29. The second-order valence-corrected chi connectivity index (χ2v) is 16.4. The number of ether oxygens (including phenoxy) is 1. The molecule has 1 aliphatic heterocycles. The predicted octanol–water partition coefficient (Wildman–Crippen LogP) is 9.58. The summed E-state index contributed by atoms with van der Waals surface area (Å²) in [6, 6.07) is 18.9. The van der Waals surface area contributed by atoms with Gasteiger partial charge in [-0.2, -0.15) is 4.57 Å². The Kier molecular flexibility index (Phi) is 11.0. The van der Waals surface area contributed by atoms with E-state index >= 15 is 0 Å². The molecule has 0 bridgehead atoms. The zero-order valence-electron chi connectivity index (χ0n) is 28.7. The monoisotopic (exact) mass is 700 g/mol. The topological polar surface area (TPSA) is 73.5 Å². The molecule has 6 rings (SSSR count). The summed E-state index contributed by atoms with van der Waals surface area (Å²) in [6.45, 7) is 15.1. The van der Waals surface area contributed by atoms with Gasteiger partial charge in [0, 0.05) is 23.6 Å². The van der Waals surface area contributed by atoms with Gasteiger partial charge in [-0.25, -0.2) is 8.42 Å². The Morgan fingerprint density at radius 3 is 2.44 bits per heavy atom. The summed E-state index contributed by atoms with van der Waals surface area (Å²) in [5, 5.41) is 2.60. The van der Waals surface area contributed by atoms with Crippen molar-refractivity contribution in [1.29, 1.82) is 0 Å². The van der Waals surface area contributed by atoms with Crippen LogP contribution in [0.15, 0.2) is 111 Å². The number of para-hydroxylation sites is 1. The van der Waals surface area contributed by atoms with Crippen LogP contribution in [0.4, 0.5) is 5.69 Å². The number of fused-ring (bicyclic) bond motifs is 2. The number of aromatic nitrogens is 1. The zero-order chi connectivity index (χ0) is 34.6. The molecule has 3 aromatic carbocycles. The molecule has 1 aromatic heterocycles. The van der Waals surface area contributed by atoms with Crippen molar-refractivity contribution in [2.45, 2.75) is 70.7 Å². The van der Waals surface area contributed by atoms with E-state index in [1.807, 2.05) is 30.0 Å². The Bertz CT molecular complexity index is 2040. The van der Waals surface area contributed by atoms with E-state index in [0.29, 0.717) is 0 Å². The van der Waals surface area contributed by atoms with Gasteiger partial charge < -0.3 is 14.2 Å². The Morgan fingerprint density at radius 1 is 1.04 bits per heavy atom. The lowest BCUT2D eigenvalue weighted by Gasteiger charge is -2.31. The summed E-state index contributed by atoms with van der Waals surface area (Å²) < 4.78 is 40.5. The number of hydrogen-bond acceptors (Lipinski definition) is 7. The number of methoxy groups -OCH3 is 1. The fraction of sp³-hybridized carbons (Fsp3) is 0.308. The normalized spacial score (nSPS) is 17.5. The van der Waals surface area contributed by atoms with Gasteiger partial charge in [0.2, 0.25) is 5.52 Å². The number of rotatable bonds is 7. The summed E-state index contributed by atoms with van der Waals surface area (Å²) >= 11 is 3.72. The molecule has 0 spiro atoms. The molecule has 48 heavy (non-hydrogen) atoms. The maximum Gasteiger partial charge on any atom is 0.262 e. The molecule has 0 saturated heterocycles. The number of nitrogens with zero attached hydrogens (tertiary/aromatic N) is 2. The van der Waals surface area contributed by atoms with Gasteiger partial charge in [0.25, 0.3) is 5.01 Å². The van der Waals surface area contributed by atoms with Crippen LogP contribution in [0.5, 0.6) is 5.75 Å². The van der Waals surface area contributed by atoms with Gasteiger partial charge in [-0.3, -0.25) is 0 Å². The molecule has 1 aliphatic carbocycles. The summed E-state index contributed by atoms with van der Waals surface area (Å²) in [4.78, 5) is 3.53. The maximum absolute atomic E-state index is 10.4. The molecule has 4 aromatic rings. The predicted molar refractivity (Wildman–Crippen MR) is 200 cm³/mol. The molecule has 252 valence electrons. The quantitative estimate of drug-likeness (QED) is 0.141. The van der Waals surface area contributed by atoms with E-state index in [0.717, 1.165) is 37.2 Å². The van der Waals surface area contributed by atoms with Gasteiger partial charge in [-0.15, -0.1) is 0 Å². The molecule has 9 heteroatoms. The van der Waals surface area contributed by atoms with Crippen molar-refractivity contribution in [3.8, 4) is 5.75 Å². The minimum absolute atomic E-state index is 0.178. The van der Waals surface area contributed by atoms with Crippen molar-refractivity contribution in [2.75, 3.05) is 18.6 Å². The van der Waals surface area contributed by atoms with Gasteiger partial charge in [0.1, 0.15) is 27.1 Å². The molecular formula is C39H44N2O4S3. The summed E-state index contributed by atoms with van der Waals surface area (Å²) in [6.07, 6.45) is 13.8. The Balaban J connectivity index is 0.000000349. The molecule has 0 amide bonds. The molecule has 0 unspecified atom stereocenters. The number of thiazole rings is 1. The van der Waals surface area contributed by atoms with Crippen molar-refractivity contribution >= 4 is 55.2 Å². The SMILES string of the molecule is CCN1/C(=C/C2=CC(=C/C=C/c3sc4ccccc4[n+]3CC)/CC(C)(C)C2)Sc2cc(OC)c(C)cc21.Cc1ccc(S(=O)(=O)[O-])cc1. The van der Waals surface area contributed by atoms with Crippen LogP contribution in [0.2, 0.25) is 0 Å². The largest absolute Gasteiger partial charge is 0.744 e. The minimum Gasteiger partial charge on any atom is -0.744 e. The first-order valence-electron chi connectivity index (χ1n) is 16.2. The number of hydrogen-bond donors (Lipinski definition) is 0. The molecule has 0 saturated carbocycles. The van der Waals surface area contributed by atoms with Crippen LogP contribution in [0.3, 0.4) is 0 Å². The molecule has 2 aliphatic rings. The van der Waals surface area contributed by atoms with Crippen molar-refractivity contribution < 1.29 is 22.3 Å². The fourth-order valence-electron chi connectivity index (χ4n) is 6.22. The molecule has 0 atom stereocenters. The lowest BCUT2D eigenvalue weighted by atomic mass is 9.75. The van der Waals surface area contributed by atoms with E-state index in [9.17, 15) is 13.0 Å². The fourth-order valence-corrected chi connectivity index (χ4v) is 9.04. The maximum atomic E-state index is 10.4. The highest BCUT2D eigenvalue weighted by Crippen LogP contribution is 2.49. The minimum atomic E-state index is -4.27. The summed E-state index contributed by atoms with van der Waals surface area (Å²) in [5.41, 5.74) is 7.74. The van der Waals surface area contributed by atoms with Gasteiger partial charge in [-0.1, -0.05) is 85.0 Å². The smallest absolute Gasteiger partial charge is 0.262 e. The van der Waals surface area contributed by atoms with E-state index in [-0.39, 0.29) is 10.3 Å². The van der Waals surface area contributed by atoms with Gasteiger partial charge >= 0.3 is 0 Å². The number of aryl methyl sites for hydroxylation is 3. The van der Waals surface area contributed by atoms with Crippen molar-refractivity contribution in [3.63, 3.8) is 0 Å². The average Bonchev–Trinajstić information content (AvgIpc) is 3.55. The first kappa shape index (κ1) is 35.7. The lowest BCUT2D eigenvalue weighted by molar-refractivity contribution is -0.665. The second kappa shape index (κ2) is 14.9. The Labute approximate surface area is 293 Å². The first-order valence-corrected chi connectivity index (χ1v) is 19.2. The first-order chi connectivity index (χ1) is 22.8. The van der Waals surface area contributed by atoms with Gasteiger partial charge in [0.15, 0.2) is 0 Å². The van der Waals surface area contributed by atoms with Gasteiger partial charge in [-0.05, 0) is 99.1 Å². The van der Waals surface area contributed by atoms with Crippen molar-refractivity contribution in [2.24, 2.45) is 5.41 Å². The molecular weight excluding hydrogens is 657 g/mol. The Morgan fingerprint density at radius 2 is 1.77 bits per heavy atom. The average molecular weight is 701 g/mol. The van der Waals surface area contributed by atoms with Crippen LogP contribution >= 0.6 is 23.1 Å². The third kappa shape index (κ3) is 8.32. The molecule has 6 nitrogen and oxygen atoms in total. The number of thioether (sulfide) groups is 1. The van der Waals surface area contributed by atoms with Gasteiger partial charge in [0.05, 0.1) is 22.7 Å². The molecule has 0 radical (unpaired) electrons. The van der Waals surface area contributed by atoms with Crippen LogP contribution in [-0.2, 0) is 16.7 Å². The number of anilines is 1. The summed E-state index contributed by atoms with van der Waals surface area (Å²) in [5.74, 6) is 0.960. The number of allylic oxidation sites excluding steroid dienone is 6. The van der Waals surface area contributed by atoms with Crippen LogP contribution in [0.1, 0.15) is 56.7 Å². The van der Waals surface area contributed by atoms with E-state index < -0.39 is 10.1 Å². The van der Waals surface area contributed by atoms with E-state index in [4.69, 9.17) is 4.74 Å². The van der Waals surface area contributed by atoms with E-state index in [1.54, 1.807) is 19.2 Å². The standard InChI is InChI=1S/C32H37N2OS2.C7H8O3S/c1-7-33-25-13-9-10-14-28(25)36-30(33)15-11-12-23-17-24(21-32(4,5)20-23)18-31-34(8-2)26-16-22(3)27(35-6)19-29(26)37-31;1-6-2-4-7(5-3-6)11(8,9)10/h9-19H,7-8,20-21H2,1-6H3;2-5H,1H3,(H,8,9,10)/q+1;/p-1. The number of benzene rings is 3. The second-order valence-electron chi connectivity index (χ2n) is 12.9. The lowest BCUT2D eigenvalue weighted by Crippen LogP contribution is -2.33. The highest BCUT2D eigenvalue weighted by molar-refractivity contribution is 8.03. The third-order valence-corrected chi connectivity index (χ3v) is 11.5. The van der Waals surface area contributed by atoms with Crippen LogP contribution in [0, 0.1) is 19.3 Å². The van der Waals surface area contributed by atoms with E-state index in [2.05, 4.69) is 111 Å². The Hall–Kier alpha value is -3.63. The zero-order valence-corrected chi connectivity index (χ0v) is 31.2. The van der Waals surface area contributed by atoms with Crippen molar-refractivity contribution in [1.82, 2.24) is 0 Å². The molecule has 0 N–H and O–H groups in total. The summed E-state index contributed by atoms with van der Waals surface area (Å²) in [7, 11) is -2.52. The van der Waals surface area contributed by atoms with Crippen LogP contribution < -0.4 is 14.2 Å². The van der Waals surface area contributed by atoms with Crippen molar-refractivity contribution in [3.05, 3.63) is 117 Å². The van der Waals surface area contributed by atoms with E-state index in [1.165, 1.54) is 59.7 Å². The highest BCUT2D eigenvalue weighted by atomic mass is 32.2. The molecule has 0 fully saturated rings.